The third-order valence-electron chi connectivity index (χ3n) is 4.59. The predicted octanol–water partition coefficient (Wildman–Crippen LogP) is 4.04. The monoisotopic (exact) mass is 346 g/mol. The van der Waals surface area contributed by atoms with Crippen LogP contribution < -0.4 is 10.6 Å². The van der Waals surface area contributed by atoms with Crippen LogP contribution in [-0.4, -0.2) is 12.5 Å². The van der Waals surface area contributed by atoms with E-state index in [1.165, 1.54) is 0 Å². The maximum atomic E-state index is 14.7. The Balaban J connectivity index is 1.85. The van der Waals surface area contributed by atoms with Gasteiger partial charge in [0.15, 0.2) is 0 Å². The third kappa shape index (κ3) is 3.17. The molecule has 2 aromatic rings. The molecule has 0 aliphatic carbocycles. The third-order valence-corrected chi connectivity index (χ3v) is 4.84. The number of rotatable bonds is 3. The van der Waals surface area contributed by atoms with Gasteiger partial charge in [-0.25, -0.2) is 4.39 Å². The molecule has 1 heterocycles. The number of hydrogen-bond acceptors (Lipinski definition) is 2. The minimum absolute atomic E-state index is 0.239. The van der Waals surface area contributed by atoms with Gasteiger partial charge in [0.1, 0.15) is 5.82 Å². The van der Waals surface area contributed by atoms with Crippen LogP contribution in [0.25, 0.3) is 0 Å². The summed E-state index contributed by atoms with van der Waals surface area (Å²) in [6, 6.07) is 10.6. The van der Waals surface area contributed by atoms with Crippen molar-refractivity contribution in [3.63, 3.8) is 0 Å². The number of carbonyl (C=O) groups excluding carboxylic acids is 1. The van der Waals surface area contributed by atoms with Crippen molar-refractivity contribution >= 4 is 23.2 Å². The number of anilines is 1. The Kier molecular flexibility index (Phi) is 4.61. The van der Waals surface area contributed by atoms with Gasteiger partial charge in [-0.05, 0) is 61.7 Å². The Hall–Kier alpha value is -1.91. The summed E-state index contributed by atoms with van der Waals surface area (Å²) in [6.07, 6.45) is 0.630. The van der Waals surface area contributed by atoms with E-state index in [-0.39, 0.29) is 17.4 Å². The average molecular weight is 347 g/mol. The molecule has 2 N–H and O–H groups in total. The van der Waals surface area contributed by atoms with Gasteiger partial charge < -0.3 is 10.6 Å². The van der Waals surface area contributed by atoms with Crippen LogP contribution in [0.2, 0.25) is 5.02 Å². The number of fused-ring (bicyclic) bond motifs is 1. The molecule has 0 bridgehead atoms. The van der Waals surface area contributed by atoms with Crippen LogP contribution in [0.5, 0.6) is 0 Å². The fourth-order valence-electron chi connectivity index (χ4n) is 2.91. The number of amides is 1. The summed E-state index contributed by atoms with van der Waals surface area (Å²) in [6.45, 7) is 5.03. The molecule has 0 saturated carbocycles. The molecule has 0 fully saturated rings. The molecule has 0 spiro atoms. The molecule has 3 rings (SSSR count). The van der Waals surface area contributed by atoms with Crippen molar-refractivity contribution in [3.05, 3.63) is 63.9 Å². The summed E-state index contributed by atoms with van der Waals surface area (Å²) >= 11 is 5.90. The fourth-order valence-corrected chi connectivity index (χ4v) is 3.03. The quantitative estimate of drug-likeness (QED) is 0.880. The van der Waals surface area contributed by atoms with E-state index < -0.39 is 5.41 Å². The largest absolute Gasteiger partial charge is 0.323 e. The second kappa shape index (κ2) is 6.54. The summed E-state index contributed by atoms with van der Waals surface area (Å²) < 4.78 is 14.7. The molecule has 0 unspecified atom stereocenters. The molecule has 24 heavy (non-hydrogen) atoms. The van der Waals surface area contributed by atoms with Crippen LogP contribution in [0.3, 0.4) is 0 Å². The van der Waals surface area contributed by atoms with Gasteiger partial charge in [-0.3, -0.25) is 4.79 Å². The smallest absolute Gasteiger partial charge is 0.234 e. The van der Waals surface area contributed by atoms with Crippen LogP contribution in [0.1, 0.15) is 30.5 Å². The Morgan fingerprint density at radius 3 is 2.62 bits per heavy atom. The van der Waals surface area contributed by atoms with Crippen molar-refractivity contribution in [1.29, 1.82) is 0 Å². The normalized spacial score (nSPS) is 14.2. The van der Waals surface area contributed by atoms with E-state index in [9.17, 15) is 9.18 Å². The second-order valence-corrected chi connectivity index (χ2v) is 7.01. The summed E-state index contributed by atoms with van der Waals surface area (Å²) in [7, 11) is 0. The van der Waals surface area contributed by atoms with Crippen molar-refractivity contribution in [2.75, 3.05) is 11.9 Å². The lowest BCUT2D eigenvalue weighted by Gasteiger charge is -2.25. The summed E-state index contributed by atoms with van der Waals surface area (Å²) in [4.78, 5) is 12.7. The molecule has 5 heteroatoms. The van der Waals surface area contributed by atoms with Gasteiger partial charge in [0, 0.05) is 11.6 Å². The first-order valence-corrected chi connectivity index (χ1v) is 8.36. The number of carbonyl (C=O) groups is 1. The van der Waals surface area contributed by atoms with Gasteiger partial charge in [-0.2, -0.15) is 0 Å². The topological polar surface area (TPSA) is 41.1 Å². The van der Waals surface area contributed by atoms with Crippen molar-refractivity contribution in [2.45, 2.75) is 32.2 Å². The average Bonchev–Trinajstić information content (AvgIpc) is 2.58. The highest BCUT2D eigenvalue weighted by molar-refractivity contribution is 6.30. The number of halogens is 2. The van der Waals surface area contributed by atoms with Gasteiger partial charge in [0.25, 0.3) is 0 Å². The first-order valence-electron chi connectivity index (χ1n) is 7.98. The van der Waals surface area contributed by atoms with E-state index in [0.29, 0.717) is 23.6 Å². The van der Waals surface area contributed by atoms with Crippen LogP contribution in [0.15, 0.2) is 36.4 Å². The van der Waals surface area contributed by atoms with E-state index in [4.69, 9.17) is 11.6 Å². The maximum absolute atomic E-state index is 14.7. The predicted molar refractivity (Wildman–Crippen MR) is 94.9 cm³/mol. The molecule has 126 valence electrons. The molecule has 0 aromatic heterocycles. The molecule has 3 nitrogen and oxygen atoms in total. The van der Waals surface area contributed by atoms with Crippen molar-refractivity contribution < 1.29 is 9.18 Å². The van der Waals surface area contributed by atoms with E-state index in [1.54, 1.807) is 18.2 Å². The SMILES string of the molecule is CC(C)(C(=O)Nc1ccc2c(c1F)CCNC2)c1ccc(Cl)cc1. The first-order chi connectivity index (χ1) is 11.4. The van der Waals surface area contributed by atoms with Gasteiger partial charge in [0.2, 0.25) is 5.91 Å². The summed E-state index contributed by atoms with van der Waals surface area (Å²) in [5.41, 5.74) is 1.91. The van der Waals surface area contributed by atoms with Crippen LogP contribution in [-0.2, 0) is 23.2 Å². The van der Waals surface area contributed by atoms with Gasteiger partial charge in [0.05, 0.1) is 11.1 Å². The van der Waals surface area contributed by atoms with Crippen LogP contribution in [0.4, 0.5) is 10.1 Å². The maximum Gasteiger partial charge on any atom is 0.234 e. The minimum atomic E-state index is -0.797. The lowest BCUT2D eigenvalue weighted by Crippen LogP contribution is -2.35. The summed E-state index contributed by atoms with van der Waals surface area (Å²) in [5, 5.41) is 6.58. The molecule has 1 amide bonds. The first kappa shape index (κ1) is 16.9. The van der Waals surface area contributed by atoms with Gasteiger partial charge >= 0.3 is 0 Å². The zero-order chi connectivity index (χ0) is 17.3. The van der Waals surface area contributed by atoms with E-state index >= 15 is 0 Å². The van der Waals surface area contributed by atoms with E-state index in [1.807, 2.05) is 32.0 Å². The number of benzene rings is 2. The van der Waals surface area contributed by atoms with Crippen LogP contribution in [0, 0.1) is 5.82 Å². The zero-order valence-electron chi connectivity index (χ0n) is 13.7. The second-order valence-electron chi connectivity index (χ2n) is 6.58. The molecule has 0 saturated heterocycles. The van der Waals surface area contributed by atoms with E-state index in [2.05, 4.69) is 10.6 Å². The Labute approximate surface area is 146 Å². The molecule has 2 aromatic carbocycles. The molecule has 1 aliphatic heterocycles. The van der Waals surface area contributed by atoms with Crippen LogP contribution >= 0.6 is 11.6 Å². The highest BCUT2D eigenvalue weighted by atomic mass is 35.5. The Morgan fingerprint density at radius 2 is 1.92 bits per heavy atom. The highest BCUT2D eigenvalue weighted by Gasteiger charge is 2.30. The molecular formula is C19H20ClFN2O. The van der Waals surface area contributed by atoms with Crippen molar-refractivity contribution in [2.24, 2.45) is 0 Å². The van der Waals surface area contributed by atoms with Gasteiger partial charge in [-0.1, -0.05) is 29.8 Å². The Bertz CT molecular complexity index is 772. The fraction of sp³-hybridized carbons (Fsp3) is 0.316. The Morgan fingerprint density at radius 1 is 1.21 bits per heavy atom. The number of nitrogens with one attached hydrogen (secondary N) is 2. The van der Waals surface area contributed by atoms with E-state index in [0.717, 1.165) is 17.7 Å². The summed E-state index contributed by atoms with van der Waals surface area (Å²) in [5.74, 6) is -0.577. The highest BCUT2D eigenvalue weighted by Crippen LogP contribution is 2.29. The minimum Gasteiger partial charge on any atom is -0.323 e. The van der Waals surface area contributed by atoms with Crippen molar-refractivity contribution in [1.82, 2.24) is 5.32 Å². The number of hydrogen-bond donors (Lipinski definition) is 2. The zero-order valence-corrected chi connectivity index (χ0v) is 14.5. The lowest BCUT2D eigenvalue weighted by molar-refractivity contribution is -0.120. The van der Waals surface area contributed by atoms with Gasteiger partial charge in [-0.15, -0.1) is 0 Å². The lowest BCUT2D eigenvalue weighted by atomic mass is 9.83. The molecule has 1 aliphatic rings. The molecule has 0 atom stereocenters. The standard InChI is InChI=1S/C19H20ClFN2O/c1-19(2,13-4-6-14(20)7-5-13)18(24)23-16-8-3-12-11-22-10-9-15(12)17(16)21/h3-8,22H,9-11H2,1-2H3,(H,23,24). The van der Waals surface area contributed by atoms with Crippen molar-refractivity contribution in [3.8, 4) is 0 Å². The molecule has 0 radical (unpaired) electrons. The molecular weight excluding hydrogens is 327 g/mol.